The van der Waals surface area contributed by atoms with E-state index in [1.807, 2.05) is 5.43 Å². The molecule has 0 aromatic heterocycles. The van der Waals surface area contributed by atoms with Gasteiger partial charge in [-0.3, -0.25) is 30.6 Å². The fourth-order valence-electron chi connectivity index (χ4n) is 2.15. The number of hydrazine groups is 1. The summed E-state index contributed by atoms with van der Waals surface area (Å²) in [5.74, 6) is -1.71. The molecule has 0 saturated carbocycles. The lowest BCUT2D eigenvalue weighted by atomic mass is 10.1. The molecule has 0 fully saturated rings. The van der Waals surface area contributed by atoms with Crippen LogP contribution in [0.4, 0.5) is 18.9 Å². The molecule has 148 valence electrons. The van der Waals surface area contributed by atoms with E-state index in [0.717, 1.165) is 24.3 Å². The summed E-state index contributed by atoms with van der Waals surface area (Å²) in [7, 11) is 0. The van der Waals surface area contributed by atoms with Crippen LogP contribution in [0.25, 0.3) is 0 Å². The van der Waals surface area contributed by atoms with Gasteiger partial charge in [-0.25, -0.2) is 0 Å². The van der Waals surface area contributed by atoms with Crippen LogP contribution in [0.1, 0.15) is 21.5 Å². The SMILES string of the molecule is Cc1cc(C(=O)NNC(=O)COc2cccc(C(F)(F)F)c2)ccc1[N+](=O)[O-]. The molecule has 0 heterocycles. The first-order chi connectivity index (χ1) is 13.1. The van der Waals surface area contributed by atoms with Crippen molar-refractivity contribution < 1.29 is 32.4 Å². The second-order valence-electron chi connectivity index (χ2n) is 5.57. The van der Waals surface area contributed by atoms with Crippen molar-refractivity contribution in [3.05, 3.63) is 69.3 Å². The van der Waals surface area contributed by atoms with Gasteiger partial charge >= 0.3 is 6.18 Å². The maximum Gasteiger partial charge on any atom is 0.416 e. The average Bonchev–Trinajstić information content (AvgIpc) is 2.63. The van der Waals surface area contributed by atoms with Crippen molar-refractivity contribution in [2.24, 2.45) is 0 Å². The summed E-state index contributed by atoms with van der Waals surface area (Å²) in [4.78, 5) is 33.8. The second kappa shape index (κ2) is 8.37. The maximum absolute atomic E-state index is 12.6. The quantitative estimate of drug-likeness (QED) is 0.595. The minimum Gasteiger partial charge on any atom is -0.484 e. The number of hydrogen-bond donors (Lipinski definition) is 2. The second-order valence-corrected chi connectivity index (χ2v) is 5.57. The van der Waals surface area contributed by atoms with E-state index in [4.69, 9.17) is 4.74 Å². The van der Waals surface area contributed by atoms with Gasteiger partial charge in [0.25, 0.3) is 17.5 Å². The molecule has 0 atom stereocenters. The molecule has 8 nitrogen and oxygen atoms in total. The van der Waals surface area contributed by atoms with E-state index in [1.165, 1.54) is 25.1 Å². The average molecular weight is 397 g/mol. The Bertz CT molecular complexity index is 915. The van der Waals surface area contributed by atoms with E-state index in [-0.39, 0.29) is 22.6 Å². The number of nitro groups is 1. The number of amides is 2. The number of halogens is 3. The third kappa shape index (κ3) is 5.43. The molecule has 2 N–H and O–H groups in total. The zero-order chi connectivity index (χ0) is 20.9. The molecular weight excluding hydrogens is 383 g/mol. The molecule has 2 aromatic rings. The van der Waals surface area contributed by atoms with Gasteiger partial charge in [-0.2, -0.15) is 13.2 Å². The highest BCUT2D eigenvalue weighted by Crippen LogP contribution is 2.31. The lowest BCUT2D eigenvalue weighted by Gasteiger charge is -2.11. The molecule has 0 aliphatic carbocycles. The van der Waals surface area contributed by atoms with Gasteiger partial charge < -0.3 is 4.74 Å². The molecule has 0 radical (unpaired) electrons. The topological polar surface area (TPSA) is 111 Å². The molecule has 0 aliphatic rings. The van der Waals surface area contributed by atoms with Crippen molar-refractivity contribution in [2.45, 2.75) is 13.1 Å². The number of nitrogens with zero attached hydrogens (tertiary/aromatic N) is 1. The van der Waals surface area contributed by atoms with E-state index >= 15 is 0 Å². The highest BCUT2D eigenvalue weighted by molar-refractivity contribution is 5.95. The molecule has 11 heteroatoms. The summed E-state index contributed by atoms with van der Waals surface area (Å²) in [5.41, 5.74) is 3.36. The summed E-state index contributed by atoms with van der Waals surface area (Å²) in [6, 6.07) is 7.63. The van der Waals surface area contributed by atoms with Crippen LogP contribution in [-0.2, 0) is 11.0 Å². The van der Waals surface area contributed by atoms with Crippen molar-refractivity contribution in [2.75, 3.05) is 6.61 Å². The van der Waals surface area contributed by atoms with Crippen molar-refractivity contribution >= 4 is 17.5 Å². The first-order valence-corrected chi connectivity index (χ1v) is 7.72. The van der Waals surface area contributed by atoms with Gasteiger partial charge in [-0.15, -0.1) is 0 Å². The number of rotatable bonds is 5. The highest BCUT2D eigenvalue weighted by atomic mass is 19.4. The normalized spacial score (nSPS) is 10.9. The number of carbonyl (C=O) groups is 2. The number of carbonyl (C=O) groups excluding carboxylic acids is 2. The first-order valence-electron chi connectivity index (χ1n) is 7.72. The third-order valence-corrected chi connectivity index (χ3v) is 3.50. The Morgan fingerprint density at radius 3 is 2.46 bits per heavy atom. The van der Waals surface area contributed by atoms with E-state index in [1.54, 1.807) is 0 Å². The van der Waals surface area contributed by atoms with Crippen LogP contribution >= 0.6 is 0 Å². The Morgan fingerprint density at radius 1 is 1.14 bits per heavy atom. The van der Waals surface area contributed by atoms with Crippen LogP contribution in [0, 0.1) is 17.0 Å². The molecule has 28 heavy (non-hydrogen) atoms. The van der Waals surface area contributed by atoms with Crippen LogP contribution < -0.4 is 15.6 Å². The van der Waals surface area contributed by atoms with Gasteiger partial charge in [0.15, 0.2) is 6.61 Å². The molecule has 0 saturated heterocycles. The Kier molecular flexibility index (Phi) is 6.18. The number of ether oxygens (including phenoxy) is 1. The zero-order valence-electron chi connectivity index (χ0n) is 14.4. The fourth-order valence-corrected chi connectivity index (χ4v) is 2.15. The number of benzene rings is 2. The molecule has 0 unspecified atom stereocenters. The fraction of sp³-hybridized carbons (Fsp3) is 0.176. The Labute approximate surface area is 156 Å². The highest BCUT2D eigenvalue weighted by Gasteiger charge is 2.30. The van der Waals surface area contributed by atoms with Crippen molar-refractivity contribution in [1.82, 2.24) is 10.9 Å². The predicted molar refractivity (Wildman–Crippen MR) is 90.4 cm³/mol. The van der Waals surface area contributed by atoms with Crippen molar-refractivity contribution in [3.8, 4) is 5.75 Å². The number of nitro benzene ring substituents is 1. The smallest absolute Gasteiger partial charge is 0.416 e. The maximum atomic E-state index is 12.6. The monoisotopic (exact) mass is 397 g/mol. The van der Waals surface area contributed by atoms with E-state index in [9.17, 15) is 32.9 Å². The van der Waals surface area contributed by atoms with E-state index in [2.05, 4.69) is 5.43 Å². The Balaban J connectivity index is 1.88. The molecule has 0 spiro atoms. The van der Waals surface area contributed by atoms with Gasteiger partial charge in [0.2, 0.25) is 0 Å². The summed E-state index contributed by atoms with van der Waals surface area (Å²) < 4.78 is 42.8. The van der Waals surface area contributed by atoms with Gasteiger partial charge in [-0.05, 0) is 37.3 Å². The minimum atomic E-state index is -4.54. The van der Waals surface area contributed by atoms with Gasteiger partial charge in [0.1, 0.15) is 5.75 Å². The van der Waals surface area contributed by atoms with Crippen molar-refractivity contribution in [3.63, 3.8) is 0 Å². The third-order valence-electron chi connectivity index (χ3n) is 3.50. The van der Waals surface area contributed by atoms with Crippen LogP contribution in [0.3, 0.4) is 0 Å². The largest absolute Gasteiger partial charge is 0.484 e. The van der Waals surface area contributed by atoms with Crippen LogP contribution in [0.2, 0.25) is 0 Å². The van der Waals surface area contributed by atoms with Gasteiger partial charge in [0.05, 0.1) is 10.5 Å². The van der Waals surface area contributed by atoms with Crippen molar-refractivity contribution in [1.29, 1.82) is 0 Å². The molecule has 2 rings (SSSR count). The Morgan fingerprint density at radius 2 is 1.86 bits per heavy atom. The minimum absolute atomic E-state index is 0.0715. The van der Waals surface area contributed by atoms with Gasteiger partial charge in [-0.1, -0.05) is 6.07 Å². The first kappa shape index (κ1) is 20.7. The lowest BCUT2D eigenvalue weighted by molar-refractivity contribution is -0.385. The molecule has 0 aliphatic heterocycles. The standard InChI is InChI=1S/C17H14F3N3O5/c1-10-7-11(5-6-14(10)23(26)27)16(25)22-21-15(24)9-28-13-4-2-3-12(8-13)17(18,19)20/h2-8H,9H2,1H3,(H,21,24)(H,22,25). The molecule has 2 aromatic carbocycles. The predicted octanol–water partition coefficient (Wildman–Crippen LogP) is 2.76. The van der Waals surface area contributed by atoms with Gasteiger partial charge in [0, 0.05) is 17.2 Å². The van der Waals surface area contributed by atoms with Crippen LogP contribution in [0.5, 0.6) is 5.75 Å². The molecular formula is C17H14F3N3O5. The summed E-state index contributed by atoms with van der Waals surface area (Å²) in [6.45, 7) is 0.817. The van der Waals surface area contributed by atoms with Crippen LogP contribution in [-0.4, -0.2) is 23.3 Å². The lowest BCUT2D eigenvalue weighted by Crippen LogP contribution is -2.43. The van der Waals surface area contributed by atoms with E-state index in [0.29, 0.717) is 0 Å². The number of hydrogen-bond acceptors (Lipinski definition) is 5. The molecule has 2 amide bonds. The summed E-state index contributed by atoms with van der Waals surface area (Å²) in [5, 5.41) is 10.8. The van der Waals surface area contributed by atoms with E-state index < -0.39 is 35.1 Å². The number of aryl methyl sites for hydroxylation is 1. The van der Waals surface area contributed by atoms with Crippen LogP contribution in [0.15, 0.2) is 42.5 Å². The number of nitrogens with one attached hydrogen (secondary N) is 2. The summed E-state index contributed by atoms with van der Waals surface area (Å²) in [6.07, 6.45) is -4.54. The molecule has 0 bridgehead atoms. The zero-order valence-corrected chi connectivity index (χ0v) is 14.4. The summed E-state index contributed by atoms with van der Waals surface area (Å²) >= 11 is 0. The number of alkyl halides is 3. The Hall–Kier alpha value is -3.63.